The first-order valence-electron chi connectivity index (χ1n) is 9.87. The zero-order valence-corrected chi connectivity index (χ0v) is 15.0. The van der Waals surface area contributed by atoms with E-state index < -0.39 is 0 Å². The molecule has 3 aliphatic rings. The second-order valence-electron chi connectivity index (χ2n) is 7.62. The minimum absolute atomic E-state index is 0.0341. The summed E-state index contributed by atoms with van der Waals surface area (Å²) in [5.74, 6) is 0.946. The van der Waals surface area contributed by atoms with Crippen LogP contribution in [-0.4, -0.2) is 60.6 Å². The average molecular weight is 346 g/mol. The summed E-state index contributed by atoms with van der Waals surface area (Å²) in [6, 6.07) is 4.88. The maximum absolute atomic E-state index is 12.5. The van der Waals surface area contributed by atoms with Crippen molar-refractivity contribution in [1.82, 2.24) is 20.4 Å². The van der Waals surface area contributed by atoms with Crippen LogP contribution in [0.3, 0.4) is 0 Å². The number of furan rings is 1. The molecule has 0 aliphatic carbocycles. The van der Waals surface area contributed by atoms with Crippen LogP contribution in [0.25, 0.3) is 0 Å². The fraction of sp³-hybridized carbons (Fsp3) is 0.737. The van der Waals surface area contributed by atoms with Crippen LogP contribution in [0.15, 0.2) is 22.8 Å². The van der Waals surface area contributed by atoms with Gasteiger partial charge in [0.25, 0.3) is 0 Å². The smallest absolute Gasteiger partial charge is 0.315 e. The SMILES string of the molecule is O=C(NC[C@H](c1ccco1)N1CCCC1)N[C@H]1CCN2CCCC[C@H]12. The Labute approximate surface area is 149 Å². The topological polar surface area (TPSA) is 60.8 Å². The van der Waals surface area contributed by atoms with E-state index in [1.807, 2.05) is 12.1 Å². The highest BCUT2D eigenvalue weighted by atomic mass is 16.3. The molecule has 3 aliphatic heterocycles. The monoisotopic (exact) mass is 346 g/mol. The number of urea groups is 1. The van der Waals surface area contributed by atoms with Crippen LogP contribution in [0.5, 0.6) is 0 Å². The van der Waals surface area contributed by atoms with E-state index in [9.17, 15) is 4.79 Å². The van der Waals surface area contributed by atoms with Gasteiger partial charge >= 0.3 is 6.03 Å². The third kappa shape index (κ3) is 3.85. The van der Waals surface area contributed by atoms with Gasteiger partial charge in [0, 0.05) is 25.2 Å². The molecule has 4 rings (SSSR count). The zero-order chi connectivity index (χ0) is 17.1. The Morgan fingerprint density at radius 1 is 1.16 bits per heavy atom. The minimum Gasteiger partial charge on any atom is -0.468 e. The van der Waals surface area contributed by atoms with Crippen molar-refractivity contribution in [2.45, 2.75) is 56.7 Å². The number of amides is 2. The molecule has 0 unspecified atom stereocenters. The van der Waals surface area contributed by atoms with Crippen LogP contribution >= 0.6 is 0 Å². The van der Waals surface area contributed by atoms with Crippen molar-refractivity contribution in [1.29, 1.82) is 0 Å². The van der Waals surface area contributed by atoms with E-state index in [2.05, 4.69) is 20.4 Å². The molecule has 0 spiro atoms. The van der Waals surface area contributed by atoms with Gasteiger partial charge in [-0.1, -0.05) is 6.42 Å². The number of carbonyl (C=O) groups excluding carboxylic acids is 1. The first-order valence-corrected chi connectivity index (χ1v) is 9.87. The van der Waals surface area contributed by atoms with Crippen LogP contribution < -0.4 is 10.6 Å². The maximum atomic E-state index is 12.5. The van der Waals surface area contributed by atoms with Crippen molar-refractivity contribution in [3.63, 3.8) is 0 Å². The van der Waals surface area contributed by atoms with Gasteiger partial charge in [0.2, 0.25) is 0 Å². The van der Waals surface area contributed by atoms with E-state index in [-0.39, 0.29) is 12.1 Å². The highest BCUT2D eigenvalue weighted by molar-refractivity contribution is 5.74. The number of carbonyl (C=O) groups is 1. The summed E-state index contributed by atoms with van der Waals surface area (Å²) in [4.78, 5) is 17.4. The van der Waals surface area contributed by atoms with E-state index in [0.717, 1.165) is 31.8 Å². The van der Waals surface area contributed by atoms with E-state index in [1.165, 1.54) is 38.6 Å². The molecule has 0 saturated carbocycles. The summed E-state index contributed by atoms with van der Waals surface area (Å²) in [6.45, 7) is 5.07. The number of fused-ring (bicyclic) bond motifs is 1. The number of piperidine rings is 1. The van der Waals surface area contributed by atoms with Crippen LogP contribution in [0.4, 0.5) is 4.79 Å². The largest absolute Gasteiger partial charge is 0.468 e. The lowest BCUT2D eigenvalue weighted by molar-refractivity contribution is 0.176. The molecule has 3 atom stereocenters. The van der Waals surface area contributed by atoms with Crippen molar-refractivity contribution in [2.24, 2.45) is 0 Å². The number of likely N-dealkylation sites (tertiary alicyclic amines) is 1. The van der Waals surface area contributed by atoms with Crippen LogP contribution in [0.2, 0.25) is 0 Å². The second kappa shape index (κ2) is 7.79. The van der Waals surface area contributed by atoms with Gasteiger partial charge in [-0.3, -0.25) is 9.80 Å². The van der Waals surface area contributed by atoms with E-state index in [4.69, 9.17) is 4.42 Å². The van der Waals surface area contributed by atoms with Gasteiger partial charge in [-0.25, -0.2) is 4.79 Å². The Hall–Kier alpha value is -1.53. The van der Waals surface area contributed by atoms with Gasteiger partial charge < -0.3 is 15.1 Å². The summed E-state index contributed by atoms with van der Waals surface area (Å²) in [7, 11) is 0. The Kier molecular flexibility index (Phi) is 5.27. The summed E-state index contributed by atoms with van der Waals surface area (Å²) in [5.41, 5.74) is 0. The van der Waals surface area contributed by atoms with Crippen molar-refractivity contribution in [3.05, 3.63) is 24.2 Å². The standard InChI is InChI=1S/C19H30N4O2/c24-19(21-15-8-12-23-9-2-1-6-16(15)23)20-14-17(18-7-5-13-25-18)22-10-3-4-11-22/h5,7,13,15-17H,1-4,6,8-12,14H2,(H2,20,21,24)/t15-,16+,17+/m0/s1. The Balaban J connectivity index is 1.31. The highest BCUT2D eigenvalue weighted by Gasteiger charge is 2.36. The number of hydrogen-bond acceptors (Lipinski definition) is 4. The molecule has 138 valence electrons. The van der Waals surface area contributed by atoms with Gasteiger partial charge in [-0.2, -0.15) is 0 Å². The highest BCUT2D eigenvalue weighted by Crippen LogP contribution is 2.27. The predicted octanol–water partition coefficient (Wildman–Crippen LogP) is 2.34. The first kappa shape index (κ1) is 16.9. The average Bonchev–Trinajstić information content (AvgIpc) is 3.38. The molecular weight excluding hydrogens is 316 g/mol. The molecule has 4 heterocycles. The predicted molar refractivity (Wildman–Crippen MR) is 96.4 cm³/mol. The molecule has 0 aromatic carbocycles. The Bertz CT molecular complexity index is 556. The molecule has 3 saturated heterocycles. The van der Waals surface area contributed by atoms with Gasteiger partial charge in [0.1, 0.15) is 5.76 Å². The van der Waals surface area contributed by atoms with E-state index in [1.54, 1.807) is 6.26 Å². The molecule has 0 radical (unpaired) electrons. The quantitative estimate of drug-likeness (QED) is 0.859. The third-order valence-corrected chi connectivity index (χ3v) is 6.08. The van der Waals surface area contributed by atoms with Crippen molar-refractivity contribution in [2.75, 3.05) is 32.7 Å². The first-order chi connectivity index (χ1) is 12.3. The molecule has 25 heavy (non-hydrogen) atoms. The van der Waals surface area contributed by atoms with Crippen LogP contribution in [0, 0.1) is 0 Å². The Morgan fingerprint density at radius 2 is 2.00 bits per heavy atom. The maximum Gasteiger partial charge on any atom is 0.315 e. The third-order valence-electron chi connectivity index (χ3n) is 6.08. The normalized spacial score (nSPS) is 28.6. The summed E-state index contributed by atoms with van der Waals surface area (Å²) < 4.78 is 5.62. The molecule has 1 aromatic rings. The van der Waals surface area contributed by atoms with E-state index >= 15 is 0 Å². The van der Waals surface area contributed by atoms with E-state index in [0.29, 0.717) is 18.6 Å². The molecule has 6 nitrogen and oxygen atoms in total. The van der Waals surface area contributed by atoms with Gasteiger partial charge in [0.15, 0.2) is 0 Å². The Morgan fingerprint density at radius 3 is 2.80 bits per heavy atom. The number of nitrogens with zero attached hydrogens (tertiary/aromatic N) is 2. The number of hydrogen-bond donors (Lipinski definition) is 2. The molecule has 2 amide bonds. The van der Waals surface area contributed by atoms with Gasteiger partial charge in [0.05, 0.1) is 12.3 Å². The summed E-state index contributed by atoms with van der Waals surface area (Å²) >= 11 is 0. The molecule has 0 bridgehead atoms. The summed E-state index contributed by atoms with van der Waals surface area (Å²) in [6.07, 6.45) is 9.05. The lowest BCUT2D eigenvalue weighted by atomic mass is 9.99. The molecular formula is C19H30N4O2. The van der Waals surface area contributed by atoms with Gasteiger partial charge in [-0.15, -0.1) is 0 Å². The van der Waals surface area contributed by atoms with Crippen molar-refractivity contribution >= 4 is 6.03 Å². The fourth-order valence-electron chi connectivity index (χ4n) is 4.77. The lowest BCUT2D eigenvalue weighted by Crippen LogP contribution is -2.50. The van der Waals surface area contributed by atoms with Gasteiger partial charge in [-0.05, 0) is 63.9 Å². The molecule has 2 N–H and O–H groups in total. The van der Waals surface area contributed by atoms with Crippen LogP contribution in [0.1, 0.15) is 50.3 Å². The number of nitrogens with one attached hydrogen (secondary N) is 2. The molecule has 3 fully saturated rings. The zero-order valence-electron chi connectivity index (χ0n) is 15.0. The van der Waals surface area contributed by atoms with Crippen molar-refractivity contribution in [3.8, 4) is 0 Å². The van der Waals surface area contributed by atoms with Crippen molar-refractivity contribution < 1.29 is 9.21 Å². The number of rotatable bonds is 5. The molecule has 1 aromatic heterocycles. The minimum atomic E-state index is -0.0341. The summed E-state index contributed by atoms with van der Waals surface area (Å²) in [5, 5.41) is 6.33. The lowest BCUT2D eigenvalue weighted by Gasteiger charge is -2.32. The molecule has 6 heteroatoms. The second-order valence-corrected chi connectivity index (χ2v) is 7.62. The van der Waals surface area contributed by atoms with Crippen LogP contribution in [-0.2, 0) is 0 Å². The fourth-order valence-corrected chi connectivity index (χ4v) is 4.77.